The second kappa shape index (κ2) is 6.13. The van der Waals surface area contributed by atoms with Gasteiger partial charge in [-0.2, -0.15) is 0 Å². The number of hydrogen-bond donors (Lipinski definition) is 0. The third kappa shape index (κ3) is 2.51. The molecule has 1 atom stereocenters. The Labute approximate surface area is 158 Å². The largest absolute Gasteiger partial charge is 0.0672 e. The fraction of sp³-hybridized carbons (Fsp3) is 0.269. The van der Waals surface area contributed by atoms with E-state index < -0.39 is 0 Å². The lowest BCUT2D eigenvalue weighted by Gasteiger charge is -2.22. The van der Waals surface area contributed by atoms with E-state index in [0.29, 0.717) is 5.92 Å². The van der Waals surface area contributed by atoms with E-state index in [1.165, 1.54) is 61.6 Å². The Morgan fingerprint density at radius 2 is 1.23 bits per heavy atom. The van der Waals surface area contributed by atoms with Crippen molar-refractivity contribution in [2.75, 3.05) is 0 Å². The Hall–Kier alpha value is -2.34. The molecular formula is C26H27. The fourth-order valence-corrected chi connectivity index (χ4v) is 4.69. The van der Waals surface area contributed by atoms with Crippen LogP contribution in [-0.2, 0) is 0 Å². The predicted molar refractivity (Wildman–Crippen MR) is 112 cm³/mol. The Morgan fingerprint density at radius 3 is 1.85 bits per heavy atom. The van der Waals surface area contributed by atoms with Crippen molar-refractivity contribution in [3.8, 4) is 0 Å². The molecule has 2 aliphatic rings. The molecule has 0 spiro atoms. The van der Waals surface area contributed by atoms with Crippen molar-refractivity contribution in [2.24, 2.45) is 0 Å². The highest BCUT2D eigenvalue weighted by molar-refractivity contribution is 5.88. The van der Waals surface area contributed by atoms with Gasteiger partial charge in [-0.15, -0.1) is 0 Å². The molecule has 2 aliphatic carbocycles. The maximum atomic E-state index is 2.49. The fourth-order valence-electron chi connectivity index (χ4n) is 4.69. The van der Waals surface area contributed by atoms with Crippen LogP contribution in [0.5, 0.6) is 0 Å². The molecule has 131 valence electrons. The second-order valence-corrected chi connectivity index (χ2v) is 7.94. The Kier molecular flexibility index (Phi) is 4.03. The Morgan fingerprint density at radius 1 is 0.654 bits per heavy atom. The van der Waals surface area contributed by atoms with E-state index in [0.717, 1.165) is 0 Å². The SMILES string of the molecule is CC1=C(C)C(C)=C(C)[C]1C1C=C(c2cc(C)cc(C)c2)c2ccccc21. The molecule has 0 fully saturated rings. The number of rotatable bonds is 2. The van der Waals surface area contributed by atoms with Crippen LogP contribution < -0.4 is 0 Å². The molecule has 0 aliphatic heterocycles. The summed E-state index contributed by atoms with van der Waals surface area (Å²) in [6.07, 6.45) is 2.49. The van der Waals surface area contributed by atoms with E-state index in [2.05, 4.69) is 90.1 Å². The first-order chi connectivity index (χ1) is 12.4. The summed E-state index contributed by atoms with van der Waals surface area (Å²) in [5.74, 6) is 1.86. The van der Waals surface area contributed by atoms with Gasteiger partial charge in [0, 0.05) is 11.8 Å². The summed E-state index contributed by atoms with van der Waals surface area (Å²) in [6, 6.07) is 15.8. The number of aryl methyl sites for hydroxylation is 2. The minimum atomic E-state index is 0.356. The smallest absolute Gasteiger partial charge is 0.0370 e. The first-order valence-electron chi connectivity index (χ1n) is 9.51. The van der Waals surface area contributed by atoms with Crippen LogP contribution in [0, 0.1) is 19.8 Å². The number of hydrogen-bond acceptors (Lipinski definition) is 0. The third-order valence-corrected chi connectivity index (χ3v) is 6.26. The number of allylic oxidation sites excluding steroid dienone is 5. The Bertz CT molecular complexity index is 950. The molecule has 1 radical (unpaired) electrons. The lowest BCUT2D eigenvalue weighted by atomic mass is 9.81. The molecule has 2 aromatic carbocycles. The van der Waals surface area contributed by atoms with Gasteiger partial charge in [0.2, 0.25) is 0 Å². The molecule has 0 nitrogen and oxygen atoms in total. The molecular weight excluding hydrogens is 312 g/mol. The van der Waals surface area contributed by atoms with Crippen molar-refractivity contribution in [3.05, 3.63) is 105 Å². The quantitative estimate of drug-likeness (QED) is 0.547. The summed E-state index contributed by atoms with van der Waals surface area (Å²) in [7, 11) is 0. The molecule has 2 aromatic rings. The zero-order valence-corrected chi connectivity index (χ0v) is 16.7. The average Bonchev–Trinajstić information content (AvgIpc) is 3.06. The maximum Gasteiger partial charge on any atom is 0.0370 e. The third-order valence-electron chi connectivity index (χ3n) is 6.26. The van der Waals surface area contributed by atoms with Crippen molar-refractivity contribution in [2.45, 2.75) is 47.5 Å². The van der Waals surface area contributed by atoms with Crippen molar-refractivity contribution < 1.29 is 0 Å². The monoisotopic (exact) mass is 339 g/mol. The molecule has 0 saturated heterocycles. The Balaban J connectivity index is 1.89. The molecule has 0 amide bonds. The van der Waals surface area contributed by atoms with Crippen LogP contribution in [0.3, 0.4) is 0 Å². The average molecular weight is 340 g/mol. The van der Waals surface area contributed by atoms with Gasteiger partial charge in [0.05, 0.1) is 0 Å². The normalized spacial score (nSPS) is 20.1. The van der Waals surface area contributed by atoms with Crippen molar-refractivity contribution in [1.29, 1.82) is 0 Å². The van der Waals surface area contributed by atoms with Crippen molar-refractivity contribution in [1.82, 2.24) is 0 Å². The van der Waals surface area contributed by atoms with Gasteiger partial charge < -0.3 is 0 Å². The molecule has 0 saturated carbocycles. The number of fused-ring (bicyclic) bond motifs is 1. The molecule has 26 heavy (non-hydrogen) atoms. The van der Waals surface area contributed by atoms with Crippen molar-refractivity contribution in [3.63, 3.8) is 0 Å². The van der Waals surface area contributed by atoms with Crippen LogP contribution in [0.4, 0.5) is 0 Å². The van der Waals surface area contributed by atoms with E-state index in [9.17, 15) is 0 Å². The zero-order valence-electron chi connectivity index (χ0n) is 16.7. The van der Waals surface area contributed by atoms with Gasteiger partial charge in [-0.1, -0.05) is 70.8 Å². The summed E-state index contributed by atoms with van der Waals surface area (Å²) in [6.45, 7) is 13.5. The molecule has 0 heteroatoms. The predicted octanol–water partition coefficient (Wildman–Crippen LogP) is 7.09. The molecule has 0 heterocycles. The molecule has 0 bridgehead atoms. The lowest BCUT2D eigenvalue weighted by molar-refractivity contribution is 0.898. The van der Waals surface area contributed by atoms with E-state index in [4.69, 9.17) is 0 Å². The summed E-state index contributed by atoms with van der Waals surface area (Å²) in [4.78, 5) is 0. The van der Waals surface area contributed by atoms with E-state index in [1.807, 2.05) is 0 Å². The molecule has 0 aromatic heterocycles. The number of benzene rings is 2. The molecule has 4 rings (SSSR count). The summed E-state index contributed by atoms with van der Waals surface area (Å²) in [5.41, 5.74) is 14.0. The van der Waals surface area contributed by atoms with Crippen molar-refractivity contribution >= 4 is 5.57 Å². The van der Waals surface area contributed by atoms with Crippen LogP contribution in [0.25, 0.3) is 5.57 Å². The van der Waals surface area contributed by atoms with Gasteiger partial charge in [0.1, 0.15) is 0 Å². The van der Waals surface area contributed by atoms with Crippen LogP contribution in [0.15, 0.2) is 70.8 Å². The highest BCUT2D eigenvalue weighted by Crippen LogP contribution is 2.52. The summed E-state index contributed by atoms with van der Waals surface area (Å²) >= 11 is 0. The minimum Gasteiger partial charge on any atom is -0.0672 e. The minimum absolute atomic E-state index is 0.356. The summed E-state index contributed by atoms with van der Waals surface area (Å²) in [5, 5.41) is 0. The highest BCUT2D eigenvalue weighted by Gasteiger charge is 2.36. The topological polar surface area (TPSA) is 0 Å². The van der Waals surface area contributed by atoms with E-state index in [1.54, 1.807) is 0 Å². The van der Waals surface area contributed by atoms with E-state index in [-0.39, 0.29) is 0 Å². The highest BCUT2D eigenvalue weighted by atomic mass is 14.4. The molecule has 1 unspecified atom stereocenters. The van der Waals surface area contributed by atoms with E-state index >= 15 is 0 Å². The van der Waals surface area contributed by atoms with Crippen LogP contribution in [0.2, 0.25) is 0 Å². The first kappa shape index (κ1) is 17.1. The van der Waals surface area contributed by atoms with Gasteiger partial charge in [0.15, 0.2) is 0 Å². The van der Waals surface area contributed by atoms with Crippen LogP contribution >= 0.6 is 0 Å². The second-order valence-electron chi connectivity index (χ2n) is 7.94. The van der Waals surface area contributed by atoms with Gasteiger partial charge in [-0.05, 0) is 75.0 Å². The first-order valence-corrected chi connectivity index (χ1v) is 9.51. The van der Waals surface area contributed by atoms with Gasteiger partial charge in [-0.25, -0.2) is 0 Å². The van der Waals surface area contributed by atoms with Gasteiger partial charge in [-0.3, -0.25) is 0 Å². The maximum absolute atomic E-state index is 2.49. The zero-order chi connectivity index (χ0) is 18.6. The van der Waals surface area contributed by atoms with Gasteiger partial charge >= 0.3 is 0 Å². The standard InChI is InChI=1S/C26H27/c1-15-11-16(2)13-21(12-15)24-14-25(23-10-8-7-9-22(23)24)26-19(5)17(3)18(4)20(26)6/h7-14,25H,1-6H3. The van der Waals surface area contributed by atoms with Crippen LogP contribution in [-0.4, -0.2) is 0 Å². The summed E-state index contributed by atoms with van der Waals surface area (Å²) < 4.78 is 0. The molecule has 0 N–H and O–H groups in total. The van der Waals surface area contributed by atoms with Crippen LogP contribution in [0.1, 0.15) is 61.4 Å². The lowest BCUT2D eigenvalue weighted by Crippen LogP contribution is -2.08. The van der Waals surface area contributed by atoms with Gasteiger partial charge in [0.25, 0.3) is 0 Å².